The molecule has 0 aliphatic heterocycles. The fourth-order valence-electron chi connectivity index (χ4n) is 1.93. The third-order valence-electron chi connectivity index (χ3n) is 3.02. The summed E-state index contributed by atoms with van der Waals surface area (Å²) in [6.07, 6.45) is 0.971. The average molecular weight is 286 g/mol. The lowest BCUT2D eigenvalue weighted by molar-refractivity contribution is 0.301. The van der Waals surface area contributed by atoms with Gasteiger partial charge in [-0.15, -0.1) is 0 Å². The molecule has 0 unspecified atom stereocenters. The van der Waals surface area contributed by atoms with Crippen LogP contribution in [-0.4, -0.2) is 23.8 Å². The lowest BCUT2D eigenvalue weighted by Crippen LogP contribution is -2.33. The van der Waals surface area contributed by atoms with Gasteiger partial charge in [-0.3, -0.25) is 0 Å². The largest absolute Gasteiger partial charge is 0.494 e. The number of benzene rings is 2. The molecule has 2 aromatic carbocycles. The van der Waals surface area contributed by atoms with Crippen LogP contribution in [0, 0.1) is 0 Å². The van der Waals surface area contributed by atoms with Crippen molar-refractivity contribution in [3.05, 3.63) is 54.1 Å². The van der Waals surface area contributed by atoms with Gasteiger partial charge in [0.05, 0.1) is 6.61 Å². The molecule has 4 nitrogen and oxygen atoms in total. The first-order valence-electron chi connectivity index (χ1n) is 7.00. The van der Waals surface area contributed by atoms with E-state index in [1.165, 1.54) is 0 Å². The Morgan fingerprint density at radius 2 is 1.52 bits per heavy atom. The van der Waals surface area contributed by atoms with Gasteiger partial charge in [-0.05, 0) is 41.7 Å². The molecule has 21 heavy (non-hydrogen) atoms. The van der Waals surface area contributed by atoms with E-state index < -0.39 is 7.12 Å². The Balaban J connectivity index is 1.97. The van der Waals surface area contributed by atoms with Crippen LogP contribution in [0.5, 0.6) is 11.5 Å². The van der Waals surface area contributed by atoms with Crippen molar-refractivity contribution in [2.24, 2.45) is 0 Å². The monoisotopic (exact) mass is 286 g/mol. The van der Waals surface area contributed by atoms with Crippen molar-refractivity contribution >= 4 is 12.6 Å². The molecule has 0 aliphatic rings. The van der Waals surface area contributed by atoms with E-state index in [-0.39, 0.29) is 6.61 Å². The summed E-state index contributed by atoms with van der Waals surface area (Å²) in [4.78, 5) is 0. The van der Waals surface area contributed by atoms with Gasteiger partial charge in [0.1, 0.15) is 18.1 Å². The topological polar surface area (TPSA) is 58.9 Å². The average Bonchev–Trinajstić information content (AvgIpc) is 2.52. The molecule has 0 saturated heterocycles. The molecule has 2 aromatic rings. The molecule has 2 N–H and O–H groups in total. The number of hydrogen-bond donors (Lipinski definition) is 2. The van der Waals surface area contributed by atoms with Crippen molar-refractivity contribution in [3.8, 4) is 11.5 Å². The molecule has 5 heteroatoms. The first-order valence-corrected chi connectivity index (χ1v) is 7.00. The zero-order valence-electron chi connectivity index (χ0n) is 12.0. The van der Waals surface area contributed by atoms with Gasteiger partial charge in [0, 0.05) is 0 Å². The van der Waals surface area contributed by atoms with Crippen molar-refractivity contribution < 1.29 is 19.5 Å². The standard InChI is InChI=1S/C16H19BO4/c1-2-11-20-14-7-9-15(10-8-14)21-12-13-5-3-4-6-16(13)17(18)19/h3-10,18-19H,2,11-12H2,1H3. The van der Waals surface area contributed by atoms with Gasteiger partial charge in [0.25, 0.3) is 0 Å². The second kappa shape index (κ2) is 7.71. The zero-order chi connectivity index (χ0) is 15.1. The molecule has 0 aromatic heterocycles. The molecule has 0 spiro atoms. The second-order valence-electron chi connectivity index (χ2n) is 4.68. The molecule has 0 amide bonds. The molecule has 0 saturated carbocycles. The van der Waals surface area contributed by atoms with Crippen LogP contribution in [0.25, 0.3) is 0 Å². The van der Waals surface area contributed by atoms with Crippen LogP contribution < -0.4 is 14.9 Å². The normalized spacial score (nSPS) is 10.2. The SMILES string of the molecule is CCCOc1ccc(OCc2ccccc2B(O)O)cc1. The maximum atomic E-state index is 9.30. The summed E-state index contributed by atoms with van der Waals surface area (Å²) in [5, 5.41) is 18.6. The highest BCUT2D eigenvalue weighted by Crippen LogP contribution is 2.18. The minimum atomic E-state index is -1.49. The molecule has 0 heterocycles. The Labute approximate surface area is 125 Å². The van der Waals surface area contributed by atoms with Gasteiger partial charge in [-0.2, -0.15) is 0 Å². The van der Waals surface area contributed by atoms with Gasteiger partial charge < -0.3 is 19.5 Å². The summed E-state index contributed by atoms with van der Waals surface area (Å²) in [6, 6.07) is 14.5. The van der Waals surface area contributed by atoms with Gasteiger partial charge >= 0.3 is 7.12 Å². The van der Waals surface area contributed by atoms with E-state index in [1.807, 2.05) is 36.4 Å². The maximum absolute atomic E-state index is 9.30. The Hall–Kier alpha value is -1.98. The van der Waals surface area contributed by atoms with Crippen molar-refractivity contribution in [2.45, 2.75) is 20.0 Å². The van der Waals surface area contributed by atoms with E-state index in [1.54, 1.807) is 12.1 Å². The van der Waals surface area contributed by atoms with Gasteiger partial charge in [-0.1, -0.05) is 31.2 Å². The smallest absolute Gasteiger partial charge is 0.488 e. The van der Waals surface area contributed by atoms with Gasteiger partial charge in [0.15, 0.2) is 0 Å². The number of hydrogen-bond acceptors (Lipinski definition) is 4. The van der Waals surface area contributed by atoms with Crippen molar-refractivity contribution in [1.82, 2.24) is 0 Å². The maximum Gasteiger partial charge on any atom is 0.488 e. The van der Waals surface area contributed by atoms with Gasteiger partial charge in [-0.25, -0.2) is 0 Å². The molecule has 0 fully saturated rings. The predicted molar refractivity (Wildman–Crippen MR) is 82.8 cm³/mol. The lowest BCUT2D eigenvalue weighted by Gasteiger charge is -2.11. The molecule has 0 atom stereocenters. The van der Waals surface area contributed by atoms with Crippen LogP contribution in [0.15, 0.2) is 48.5 Å². The van der Waals surface area contributed by atoms with Gasteiger partial charge in [0.2, 0.25) is 0 Å². The molecular weight excluding hydrogens is 267 g/mol. The van der Waals surface area contributed by atoms with Crippen LogP contribution in [0.1, 0.15) is 18.9 Å². The molecule has 2 rings (SSSR count). The molecule has 0 aliphatic carbocycles. The Kier molecular flexibility index (Phi) is 5.66. The van der Waals surface area contributed by atoms with E-state index in [0.29, 0.717) is 17.8 Å². The summed E-state index contributed by atoms with van der Waals surface area (Å²) < 4.78 is 11.2. The van der Waals surface area contributed by atoms with Crippen molar-refractivity contribution in [1.29, 1.82) is 0 Å². The summed E-state index contributed by atoms with van der Waals surface area (Å²) in [6.45, 7) is 3.04. The van der Waals surface area contributed by atoms with Crippen molar-refractivity contribution in [2.75, 3.05) is 6.61 Å². The fourth-order valence-corrected chi connectivity index (χ4v) is 1.93. The summed E-state index contributed by atoms with van der Waals surface area (Å²) >= 11 is 0. The van der Waals surface area contributed by atoms with E-state index >= 15 is 0 Å². The second-order valence-corrected chi connectivity index (χ2v) is 4.68. The third kappa shape index (κ3) is 4.51. The van der Waals surface area contributed by atoms with E-state index in [4.69, 9.17) is 9.47 Å². The number of ether oxygens (including phenoxy) is 2. The van der Waals surface area contributed by atoms with E-state index in [0.717, 1.165) is 17.7 Å². The van der Waals surface area contributed by atoms with Crippen LogP contribution >= 0.6 is 0 Å². The van der Waals surface area contributed by atoms with Crippen LogP contribution in [-0.2, 0) is 6.61 Å². The first kappa shape index (κ1) is 15.4. The van der Waals surface area contributed by atoms with E-state index in [9.17, 15) is 10.0 Å². The molecule has 0 bridgehead atoms. The highest BCUT2D eigenvalue weighted by molar-refractivity contribution is 6.59. The minimum Gasteiger partial charge on any atom is -0.494 e. The zero-order valence-corrected chi connectivity index (χ0v) is 12.0. The fraction of sp³-hybridized carbons (Fsp3) is 0.250. The van der Waals surface area contributed by atoms with Crippen LogP contribution in [0.4, 0.5) is 0 Å². The Bertz CT molecular complexity index is 554. The highest BCUT2D eigenvalue weighted by Gasteiger charge is 2.15. The van der Waals surface area contributed by atoms with Crippen LogP contribution in [0.2, 0.25) is 0 Å². The lowest BCUT2D eigenvalue weighted by atomic mass is 9.77. The minimum absolute atomic E-state index is 0.281. The summed E-state index contributed by atoms with van der Waals surface area (Å²) in [5.74, 6) is 1.52. The summed E-state index contributed by atoms with van der Waals surface area (Å²) in [5.41, 5.74) is 1.21. The summed E-state index contributed by atoms with van der Waals surface area (Å²) in [7, 11) is -1.49. The molecule has 110 valence electrons. The molecule has 0 radical (unpaired) electrons. The van der Waals surface area contributed by atoms with Crippen molar-refractivity contribution in [3.63, 3.8) is 0 Å². The van der Waals surface area contributed by atoms with Crippen LogP contribution in [0.3, 0.4) is 0 Å². The Morgan fingerprint density at radius 3 is 2.14 bits per heavy atom. The first-order chi connectivity index (χ1) is 10.2. The highest BCUT2D eigenvalue weighted by atomic mass is 16.5. The number of rotatable bonds is 7. The predicted octanol–water partition coefficient (Wildman–Crippen LogP) is 1.73. The Morgan fingerprint density at radius 1 is 0.905 bits per heavy atom. The molecular formula is C16H19BO4. The van der Waals surface area contributed by atoms with E-state index in [2.05, 4.69) is 6.92 Å². The quantitative estimate of drug-likeness (QED) is 0.761. The third-order valence-corrected chi connectivity index (χ3v) is 3.02.